The van der Waals surface area contributed by atoms with Crippen LogP contribution in [0.5, 0.6) is 0 Å². The van der Waals surface area contributed by atoms with Crippen molar-refractivity contribution in [2.24, 2.45) is 0 Å². The van der Waals surface area contributed by atoms with Gasteiger partial charge in [0.05, 0.1) is 13.2 Å². The number of amides is 2. The van der Waals surface area contributed by atoms with Crippen molar-refractivity contribution in [1.29, 1.82) is 0 Å². The second-order valence-electron chi connectivity index (χ2n) is 18.5. The first-order chi connectivity index (χ1) is 28.0. The van der Waals surface area contributed by atoms with Gasteiger partial charge in [-0.15, -0.1) is 0 Å². The minimum absolute atomic E-state index is 0.00592. The number of carboxylic acids is 1. The molecular weight excluding hydrogens is 776 g/mol. The smallest absolute Gasteiger partial charge is 0.329 e. The maximum Gasteiger partial charge on any atom is 0.329 e. The van der Waals surface area contributed by atoms with Gasteiger partial charge < -0.3 is 39.4 Å². The SMILES string of the molecule is CC(C)(C)OC(=O)CCCCCCCCCCCCCCCCC(=O)N[C@@H](CCC(=O)N[C@@H](CCC(=O)COCCOCC(=O)O)C(=O)OC(C)(C)C)C(=O)OC(C)(C)C. The summed E-state index contributed by atoms with van der Waals surface area (Å²) < 4.78 is 26.4. The molecule has 15 heteroatoms. The average molecular weight is 857 g/mol. The number of unbranched alkanes of at least 4 members (excludes halogenated alkanes) is 13. The summed E-state index contributed by atoms with van der Waals surface area (Å²) in [5, 5.41) is 14.0. The summed E-state index contributed by atoms with van der Waals surface area (Å²) in [6, 6.07) is -2.23. The summed E-state index contributed by atoms with van der Waals surface area (Å²) >= 11 is 0. The van der Waals surface area contributed by atoms with Crippen LogP contribution in [0.1, 0.15) is 191 Å². The molecule has 0 fully saturated rings. The van der Waals surface area contributed by atoms with Gasteiger partial charge in [-0.3, -0.25) is 19.2 Å². The summed E-state index contributed by atoms with van der Waals surface area (Å²) in [6.45, 7) is 15.1. The topological polar surface area (TPSA) is 210 Å². The standard InChI is InChI=1S/C45H80N2O13/c1-43(2,3)58-40(53)25-23-21-19-17-15-13-11-10-12-14-16-18-20-22-24-37(49)46-36(42(55)60-45(7,8)9)28-29-38(50)47-35(41(54)59-44(4,5)6)27-26-34(48)32-56-30-31-57-33-39(51)52/h35-36H,10-33H2,1-9H3,(H,46,49)(H,47,50)(H,51,52)/t35-,36-/m0/s1. The molecule has 0 aliphatic carbocycles. The minimum atomic E-state index is -1.15. The molecule has 0 spiro atoms. The third kappa shape index (κ3) is 36.3. The number of carboxylic acid groups (broad SMARTS) is 1. The molecule has 0 aliphatic heterocycles. The highest BCUT2D eigenvalue weighted by Gasteiger charge is 2.30. The van der Waals surface area contributed by atoms with Crippen molar-refractivity contribution in [2.45, 2.75) is 220 Å². The Morgan fingerprint density at radius 1 is 0.450 bits per heavy atom. The van der Waals surface area contributed by atoms with E-state index in [9.17, 15) is 33.6 Å². The molecule has 0 aromatic rings. The van der Waals surface area contributed by atoms with E-state index in [0.717, 1.165) is 44.9 Å². The van der Waals surface area contributed by atoms with Crippen molar-refractivity contribution in [3.63, 3.8) is 0 Å². The fourth-order valence-electron chi connectivity index (χ4n) is 5.96. The second kappa shape index (κ2) is 31.3. The quantitative estimate of drug-likeness (QED) is 0.0326. The summed E-state index contributed by atoms with van der Waals surface area (Å²) in [4.78, 5) is 86.8. The number of carbonyl (C=O) groups excluding carboxylic acids is 6. The molecule has 2 atom stereocenters. The summed E-state index contributed by atoms with van der Waals surface area (Å²) in [7, 11) is 0. The molecule has 0 aromatic heterocycles. The third-order valence-corrected chi connectivity index (χ3v) is 8.74. The van der Waals surface area contributed by atoms with Gasteiger partial charge in [-0.25, -0.2) is 14.4 Å². The van der Waals surface area contributed by atoms with Crippen molar-refractivity contribution in [2.75, 3.05) is 26.4 Å². The van der Waals surface area contributed by atoms with Crippen LogP contribution in [0.4, 0.5) is 0 Å². The van der Waals surface area contributed by atoms with Gasteiger partial charge in [0.15, 0.2) is 5.78 Å². The Morgan fingerprint density at radius 3 is 1.20 bits per heavy atom. The van der Waals surface area contributed by atoms with Crippen LogP contribution in [-0.4, -0.2) is 102 Å². The lowest BCUT2D eigenvalue weighted by Crippen LogP contribution is -2.47. The summed E-state index contributed by atoms with van der Waals surface area (Å²) in [5.74, 6) is -3.85. The highest BCUT2D eigenvalue weighted by Crippen LogP contribution is 2.17. The lowest BCUT2D eigenvalue weighted by molar-refractivity contribution is -0.160. The number of esters is 3. The molecule has 0 saturated carbocycles. The molecule has 0 saturated heterocycles. The van der Waals surface area contributed by atoms with E-state index in [1.807, 2.05) is 20.8 Å². The van der Waals surface area contributed by atoms with Gasteiger partial charge in [-0.05, 0) is 88.0 Å². The van der Waals surface area contributed by atoms with Gasteiger partial charge in [-0.1, -0.05) is 77.0 Å². The zero-order valence-corrected chi connectivity index (χ0v) is 38.5. The molecule has 3 N–H and O–H groups in total. The molecule has 15 nitrogen and oxygen atoms in total. The Balaban J connectivity index is 4.65. The average Bonchev–Trinajstić information content (AvgIpc) is 3.10. The maximum absolute atomic E-state index is 13.1. The zero-order chi connectivity index (χ0) is 45.6. The van der Waals surface area contributed by atoms with E-state index in [4.69, 9.17) is 28.8 Å². The van der Waals surface area contributed by atoms with Gasteiger partial charge in [-0.2, -0.15) is 0 Å². The van der Waals surface area contributed by atoms with Gasteiger partial charge in [0.25, 0.3) is 0 Å². The van der Waals surface area contributed by atoms with E-state index in [-0.39, 0.29) is 69.6 Å². The van der Waals surface area contributed by atoms with Crippen molar-refractivity contribution in [3.8, 4) is 0 Å². The third-order valence-electron chi connectivity index (χ3n) is 8.74. The second-order valence-corrected chi connectivity index (χ2v) is 18.5. The normalized spacial score (nSPS) is 12.9. The molecule has 0 aliphatic rings. The van der Waals surface area contributed by atoms with E-state index in [0.29, 0.717) is 12.8 Å². The van der Waals surface area contributed by atoms with Crippen molar-refractivity contribution < 1.29 is 62.4 Å². The fraction of sp³-hybridized carbons (Fsp3) is 0.844. The van der Waals surface area contributed by atoms with Gasteiger partial charge in [0.2, 0.25) is 11.8 Å². The first-order valence-electron chi connectivity index (χ1n) is 22.1. The number of nitrogens with one attached hydrogen (secondary N) is 2. The Hall–Kier alpha value is -3.59. The number of Topliss-reactive ketones (excluding diaryl/α,β-unsaturated/α-hetero) is 1. The number of hydrogen-bond donors (Lipinski definition) is 3. The maximum atomic E-state index is 13.1. The Bertz CT molecular complexity index is 1280. The van der Waals surface area contributed by atoms with Crippen molar-refractivity contribution >= 4 is 41.5 Å². The van der Waals surface area contributed by atoms with E-state index < -0.39 is 59.3 Å². The molecule has 0 unspecified atom stereocenters. The predicted molar refractivity (Wildman–Crippen MR) is 228 cm³/mol. The summed E-state index contributed by atoms with van der Waals surface area (Å²) in [6.07, 6.45) is 15.5. The molecule has 0 bridgehead atoms. The van der Waals surface area contributed by atoms with Crippen LogP contribution in [0.3, 0.4) is 0 Å². The Labute approximate surface area is 359 Å². The minimum Gasteiger partial charge on any atom is -0.480 e. The van der Waals surface area contributed by atoms with Crippen LogP contribution in [0.2, 0.25) is 0 Å². The van der Waals surface area contributed by atoms with Crippen molar-refractivity contribution in [3.05, 3.63) is 0 Å². The van der Waals surface area contributed by atoms with Crippen LogP contribution >= 0.6 is 0 Å². The Morgan fingerprint density at radius 2 is 0.800 bits per heavy atom. The van der Waals surface area contributed by atoms with Gasteiger partial charge >= 0.3 is 23.9 Å². The van der Waals surface area contributed by atoms with E-state index in [2.05, 4.69) is 10.6 Å². The van der Waals surface area contributed by atoms with Crippen LogP contribution in [0, 0.1) is 0 Å². The molecule has 0 heterocycles. The van der Waals surface area contributed by atoms with Crippen molar-refractivity contribution in [1.82, 2.24) is 10.6 Å². The molecule has 2 amide bonds. The van der Waals surface area contributed by atoms with Crippen LogP contribution in [0.15, 0.2) is 0 Å². The summed E-state index contributed by atoms with van der Waals surface area (Å²) in [5.41, 5.74) is -2.10. The fourth-order valence-corrected chi connectivity index (χ4v) is 5.96. The number of ether oxygens (including phenoxy) is 5. The van der Waals surface area contributed by atoms with Crippen LogP contribution in [0.25, 0.3) is 0 Å². The molecule has 0 rings (SSSR count). The van der Waals surface area contributed by atoms with Crippen LogP contribution < -0.4 is 10.6 Å². The lowest BCUT2D eigenvalue weighted by atomic mass is 10.0. The van der Waals surface area contributed by atoms with Gasteiger partial charge in [0, 0.05) is 25.7 Å². The monoisotopic (exact) mass is 857 g/mol. The Kier molecular flexibility index (Phi) is 29.4. The number of ketones is 1. The first kappa shape index (κ1) is 56.4. The molecule has 60 heavy (non-hydrogen) atoms. The largest absolute Gasteiger partial charge is 0.480 e. The molecular formula is C45H80N2O13. The highest BCUT2D eigenvalue weighted by molar-refractivity contribution is 5.87. The van der Waals surface area contributed by atoms with E-state index in [1.165, 1.54) is 38.5 Å². The lowest BCUT2D eigenvalue weighted by Gasteiger charge is -2.26. The van der Waals surface area contributed by atoms with Gasteiger partial charge in [0.1, 0.15) is 42.1 Å². The highest BCUT2D eigenvalue weighted by atomic mass is 16.6. The number of rotatable bonds is 34. The number of carbonyl (C=O) groups is 7. The van der Waals surface area contributed by atoms with E-state index >= 15 is 0 Å². The number of aliphatic carboxylic acids is 1. The number of hydrogen-bond acceptors (Lipinski definition) is 12. The zero-order valence-electron chi connectivity index (χ0n) is 38.5. The molecule has 0 radical (unpaired) electrons. The first-order valence-corrected chi connectivity index (χ1v) is 22.1. The molecule has 348 valence electrons. The van der Waals surface area contributed by atoms with E-state index in [1.54, 1.807) is 41.5 Å². The van der Waals surface area contributed by atoms with Crippen LogP contribution in [-0.2, 0) is 57.2 Å². The molecule has 0 aromatic carbocycles. The predicted octanol–water partition coefficient (Wildman–Crippen LogP) is 7.47.